The van der Waals surface area contributed by atoms with Gasteiger partial charge in [-0.25, -0.2) is 0 Å². The van der Waals surface area contributed by atoms with E-state index in [0.29, 0.717) is 36.3 Å². The van der Waals surface area contributed by atoms with Crippen molar-refractivity contribution >= 4 is 40.5 Å². The van der Waals surface area contributed by atoms with E-state index in [1.807, 2.05) is 60.4 Å². The summed E-state index contributed by atoms with van der Waals surface area (Å²) in [6, 6.07) is 15.1. The van der Waals surface area contributed by atoms with Crippen molar-refractivity contribution in [3.63, 3.8) is 0 Å². The zero-order valence-electron chi connectivity index (χ0n) is 14.0. The minimum atomic E-state index is 0.0739. The molecule has 0 saturated carbocycles. The number of nitrogens with zero attached hydrogens (tertiary/aromatic N) is 2. The highest BCUT2D eigenvalue weighted by atomic mass is 35.5. The van der Waals surface area contributed by atoms with E-state index in [1.165, 1.54) is 0 Å². The number of carbonyl (C=O) groups excluding carboxylic acids is 1. The SMILES string of the molecule is Cc1c(Cl)cccc1NC(=S)N1CCN(C(=O)c2ccccc2)CC1. The van der Waals surface area contributed by atoms with Crippen LogP contribution in [0.5, 0.6) is 0 Å². The molecule has 0 aromatic heterocycles. The number of hydrogen-bond donors (Lipinski definition) is 1. The smallest absolute Gasteiger partial charge is 0.253 e. The number of benzene rings is 2. The van der Waals surface area contributed by atoms with Gasteiger partial charge in [0, 0.05) is 42.5 Å². The lowest BCUT2D eigenvalue weighted by Gasteiger charge is -2.36. The van der Waals surface area contributed by atoms with Gasteiger partial charge in [0.2, 0.25) is 0 Å². The van der Waals surface area contributed by atoms with Crippen LogP contribution < -0.4 is 5.32 Å². The molecule has 0 bridgehead atoms. The summed E-state index contributed by atoms with van der Waals surface area (Å²) in [5.74, 6) is 0.0739. The zero-order chi connectivity index (χ0) is 17.8. The second-order valence-corrected chi connectivity index (χ2v) is 6.78. The van der Waals surface area contributed by atoms with E-state index in [4.69, 9.17) is 23.8 Å². The van der Waals surface area contributed by atoms with Crippen LogP contribution in [-0.2, 0) is 0 Å². The number of amides is 1. The molecule has 6 heteroatoms. The molecule has 130 valence electrons. The topological polar surface area (TPSA) is 35.6 Å². The Morgan fingerprint density at radius 1 is 1.00 bits per heavy atom. The van der Waals surface area contributed by atoms with Gasteiger partial charge in [0.1, 0.15) is 0 Å². The van der Waals surface area contributed by atoms with Crippen LogP contribution in [0.25, 0.3) is 0 Å². The molecule has 0 atom stereocenters. The van der Waals surface area contributed by atoms with Crippen molar-refractivity contribution in [2.75, 3.05) is 31.5 Å². The molecule has 1 aliphatic rings. The molecule has 1 fully saturated rings. The highest BCUT2D eigenvalue weighted by Crippen LogP contribution is 2.23. The van der Waals surface area contributed by atoms with Crippen molar-refractivity contribution in [1.29, 1.82) is 0 Å². The van der Waals surface area contributed by atoms with Crippen LogP contribution in [0.3, 0.4) is 0 Å². The molecule has 1 aliphatic heterocycles. The maximum absolute atomic E-state index is 12.5. The Labute approximate surface area is 158 Å². The summed E-state index contributed by atoms with van der Waals surface area (Å²) >= 11 is 11.7. The highest BCUT2D eigenvalue weighted by Gasteiger charge is 2.23. The first-order valence-corrected chi connectivity index (χ1v) is 9.00. The van der Waals surface area contributed by atoms with Gasteiger partial charge in [0.05, 0.1) is 0 Å². The zero-order valence-corrected chi connectivity index (χ0v) is 15.6. The predicted octanol–water partition coefficient (Wildman–Crippen LogP) is 3.80. The second kappa shape index (κ2) is 7.85. The Morgan fingerprint density at radius 2 is 1.64 bits per heavy atom. The fourth-order valence-electron chi connectivity index (χ4n) is 2.81. The lowest BCUT2D eigenvalue weighted by atomic mass is 10.2. The molecule has 0 aliphatic carbocycles. The summed E-state index contributed by atoms with van der Waals surface area (Å²) < 4.78 is 0. The third-order valence-corrected chi connectivity index (χ3v) is 5.15. The summed E-state index contributed by atoms with van der Waals surface area (Å²) in [6.45, 7) is 4.70. The van der Waals surface area contributed by atoms with Gasteiger partial charge in [-0.05, 0) is 49.0 Å². The van der Waals surface area contributed by atoms with Crippen LogP contribution in [0.1, 0.15) is 15.9 Å². The number of nitrogens with one attached hydrogen (secondary N) is 1. The molecule has 0 radical (unpaired) electrons. The predicted molar refractivity (Wildman–Crippen MR) is 106 cm³/mol. The summed E-state index contributed by atoms with van der Waals surface area (Å²) in [5.41, 5.74) is 2.62. The van der Waals surface area contributed by atoms with Gasteiger partial charge in [-0.1, -0.05) is 35.9 Å². The van der Waals surface area contributed by atoms with Crippen LogP contribution in [0.15, 0.2) is 48.5 Å². The van der Waals surface area contributed by atoms with Gasteiger partial charge in [0.15, 0.2) is 5.11 Å². The third-order valence-electron chi connectivity index (χ3n) is 4.38. The number of rotatable bonds is 2. The Hall–Kier alpha value is -2.11. The number of thiocarbonyl (C=S) groups is 1. The largest absolute Gasteiger partial charge is 0.345 e. The van der Waals surface area contributed by atoms with Crippen LogP contribution in [0.4, 0.5) is 5.69 Å². The first kappa shape index (κ1) is 17.7. The molecule has 4 nitrogen and oxygen atoms in total. The number of hydrogen-bond acceptors (Lipinski definition) is 2. The quantitative estimate of drug-likeness (QED) is 0.812. The molecule has 2 aromatic carbocycles. The maximum atomic E-state index is 12.5. The van der Waals surface area contributed by atoms with Gasteiger partial charge < -0.3 is 15.1 Å². The van der Waals surface area contributed by atoms with Gasteiger partial charge >= 0.3 is 0 Å². The molecule has 1 saturated heterocycles. The van der Waals surface area contributed by atoms with Crippen LogP contribution in [-0.4, -0.2) is 47.0 Å². The number of piperazine rings is 1. The average molecular weight is 374 g/mol. The van der Waals surface area contributed by atoms with Gasteiger partial charge in [-0.3, -0.25) is 4.79 Å². The van der Waals surface area contributed by atoms with Crippen molar-refractivity contribution in [1.82, 2.24) is 9.80 Å². The van der Waals surface area contributed by atoms with Crippen LogP contribution >= 0.6 is 23.8 Å². The van der Waals surface area contributed by atoms with Gasteiger partial charge in [-0.2, -0.15) is 0 Å². The Kier molecular flexibility index (Phi) is 5.56. The van der Waals surface area contributed by atoms with Crippen molar-refractivity contribution in [2.24, 2.45) is 0 Å². The summed E-state index contributed by atoms with van der Waals surface area (Å²) in [4.78, 5) is 16.5. The molecule has 0 unspecified atom stereocenters. The molecule has 1 N–H and O–H groups in total. The van der Waals surface area contributed by atoms with Crippen molar-refractivity contribution in [3.8, 4) is 0 Å². The molecule has 1 amide bonds. The molecular formula is C19H20ClN3OS. The monoisotopic (exact) mass is 373 g/mol. The Balaban J connectivity index is 1.58. The standard InChI is InChI=1S/C19H20ClN3OS/c1-14-16(20)8-5-9-17(14)21-19(25)23-12-10-22(11-13-23)18(24)15-6-3-2-4-7-15/h2-9H,10-13H2,1H3,(H,21,25). The average Bonchev–Trinajstić information content (AvgIpc) is 2.65. The molecule has 1 heterocycles. The summed E-state index contributed by atoms with van der Waals surface area (Å²) in [5, 5.41) is 4.64. The molecule has 25 heavy (non-hydrogen) atoms. The molecular weight excluding hydrogens is 354 g/mol. The van der Waals surface area contributed by atoms with E-state index in [1.54, 1.807) is 0 Å². The minimum Gasteiger partial charge on any atom is -0.345 e. The van der Waals surface area contributed by atoms with Crippen molar-refractivity contribution in [2.45, 2.75) is 6.92 Å². The van der Waals surface area contributed by atoms with Crippen LogP contribution in [0, 0.1) is 6.92 Å². The maximum Gasteiger partial charge on any atom is 0.253 e. The van der Waals surface area contributed by atoms with E-state index in [0.717, 1.165) is 16.8 Å². The number of halogens is 1. The fourth-order valence-corrected chi connectivity index (χ4v) is 3.28. The molecule has 2 aromatic rings. The summed E-state index contributed by atoms with van der Waals surface area (Å²) in [7, 11) is 0. The van der Waals surface area contributed by atoms with Crippen LogP contribution in [0.2, 0.25) is 5.02 Å². The first-order valence-electron chi connectivity index (χ1n) is 8.21. The van der Waals surface area contributed by atoms with Crippen molar-refractivity contribution < 1.29 is 4.79 Å². The Bertz CT molecular complexity index is 773. The van der Waals surface area contributed by atoms with E-state index in [-0.39, 0.29) is 5.91 Å². The number of carbonyl (C=O) groups is 1. The molecule has 0 spiro atoms. The fraction of sp³-hybridized carbons (Fsp3) is 0.263. The minimum absolute atomic E-state index is 0.0739. The molecule has 3 rings (SSSR count). The number of anilines is 1. The summed E-state index contributed by atoms with van der Waals surface area (Å²) in [6.07, 6.45) is 0. The second-order valence-electron chi connectivity index (χ2n) is 5.99. The Morgan fingerprint density at radius 3 is 2.32 bits per heavy atom. The van der Waals surface area contributed by atoms with E-state index in [2.05, 4.69) is 10.2 Å². The lowest BCUT2D eigenvalue weighted by molar-refractivity contribution is 0.0693. The lowest BCUT2D eigenvalue weighted by Crippen LogP contribution is -2.51. The first-order chi connectivity index (χ1) is 12.1. The van der Waals surface area contributed by atoms with Gasteiger partial charge in [0.25, 0.3) is 5.91 Å². The van der Waals surface area contributed by atoms with E-state index < -0.39 is 0 Å². The van der Waals surface area contributed by atoms with Gasteiger partial charge in [-0.15, -0.1) is 0 Å². The van der Waals surface area contributed by atoms with Crippen molar-refractivity contribution in [3.05, 3.63) is 64.7 Å². The third kappa shape index (κ3) is 4.11. The normalized spacial score (nSPS) is 14.3. The highest BCUT2D eigenvalue weighted by molar-refractivity contribution is 7.80. The van der Waals surface area contributed by atoms with E-state index in [9.17, 15) is 4.79 Å². The van der Waals surface area contributed by atoms with E-state index >= 15 is 0 Å².